The molecular formula is C7H13NO2S. The zero-order chi connectivity index (χ0) is 8.27. The van der Waals surface area contributed by atoms with Crippen LogP contribution in [-0.2, 0) is 4.79 Å². The molecule has 0 unspecified atom stereocenters. The molecule has 1 aliphatic heterocycles. The number of hydrogen-bond donors (Lipinski definition) is 1. The van der Waals surface area contributed by atoms with Gasteiger partial charge in [-0.15, -0.1) is 0 Å². The summed E-state index contributed by atoms with van der Waals surface area (Å²) in [5, 5.41) is 8.67. The number of likely N-dealkylation sites (tertiary alicyclic amines) is 1. The van der Waals surface area contributed by atoms with Gasteiger partial charge in [-0.1, -0.05) is 0 Å². The average Bonchev–Trinajstić information content (AvgIpc) is 1.86. The summed E-state index contributed by atoms with van der Waals surface area (Å²) in [5.74, 6) is 1.10. The molecule has 3 nitrogen and oxygen atoms in total. The van der Waals surface area contributed by atoms with Crippen molar-refractivity contribution in [1.29, 1.82) is 0 Å². The fraction of sp³-hybridized carbons (Fsp3) is 0.857. The van der Waals surface area contributed by atoms with Crippen molar-refractivity contribution in [2.75, 3.05) is 31.7 Å². The zero-order valence-electron chi connectivity index (χ0n) is 6.62. The monoisotopic (exact) mass is 175 g/mol. The molecule has 1 saturated heterocycles. The summed E-state index contributed by atoms with van der Waals surface area (Å²) in [6.07, 6.45) is 1.92. The SMILES string of the molecule is CSCC(=O)N1CC(CO)C1. The van der Waals surface area contributed by atoms with Gasteiger partial charge < -0.3 is 10.0 Å². The number of amides is 1. The molecule has 0 saturated carbocycles. The number of carbonyl (C=O) groups is 1. The largest absolute Gasteiger partial charge is 0.396 e. The lowest BCUT2D eigenvalue weighted by Gasteiger charge is -2.38. The van der Waals surface area contributed by atoms with E-state index in [4.69, 9.17) is 5.11 Å². The minimum atomic E-state index is 0.196. The highest BCUT2D eigenvalue weighted by atomic mass is 32.2. The van der Waals surface area contributed by atoms with E-state index in [0.29, 0.717) is 11.7 Å². The second-order valence-electron chi connectivity index (χ2n) is 2.78. The fourth-order valence-electron chi connectivity index (χ4n) is 1.10. The molecule has 1 aliphatic rings. The number of hydrogen-bond acceptors (Lipinski definition) is 3. The Kier molecular flexibility index (Phi) is 3.20. The van der Waals surface area contributed by atoms with Crippen molar-refractivity contribution < 1.29 is 9.90 Å². The van der Waals surface area contributed by atoms with Crippen molar-refractivity contribution in [3.8, 4) is 0 Å². The van der Waals surface area contributed by atoms with Crippen LogP contribution >= 0.6 is 11.8 Å². The van der Waals surface area contributed by atoms with E-state index in [0.717, 1.165) is 13.1 Å². The summed E-state index contributed by atoms with van der Waals surface area (Å²) in [6.45, 7) is 1.70. The van der Waals surface area contributed by atoms with Crippen LogP contribution in [0.25, 0.3) is 0 Å². The van der Waals surface area contributed by atoms with Crippen LogP contribution in [0.3, 0.4) is 0 Å². The van der Waals surface area contributed by atoms with Gasteiger partial charge in [-0.3, -0.25) is 4.79 Å². The second-order valence-corrected chi connectivity index (χ2v) is 3.65. The van der Waals surface area contributed by atoms with Crippen molar-refractivity contribution in [3.63, 3.8) is 0 Å². The number of thioether (sulfide) groups is 1. The van der Waals surface area contributed by atoms with Crippen molar-refractivity contribution >= 4 is 17.7 Å². The van der Waals surface area contributed by atoms with Gasteiger partial charge in [-0.25, -0.2) is 0 Å². The molecule has 0 aromatic rings. The Morgan fingerprint density at radius 2 is 2.36 bits per heavy atom. The number of nitrogens with zero attached hydrogens (tertiary/aromatic N) is 1. The lowest BCUT2D eigenvalue weighted by Crippen LogP contribution is -2.51. The van der Waals surface area contributed by atoms with Crippen LogP contribution in [-0.4, -0.2) is 47.6 Å². The molecule has 64 valence electrons. The van der Waals surface area contributed by atoms with E-state index < -0.39 is 0 Å². The lowest BCUT2D eigenvalue weighted by molar-refractivity contribution is -0.135. The predicted molar refractivity (Wildman–Crippen MR) is 45.5 cm³/mol. The summed E-state index contributed by atoms with van der Waals surface area (Å²) < 4.78 is 0. The highest BCUT2D eigenvalue weighted by Gasteiger charge is 2.28. The van der Waals surface area contributed by atoms with Crippen LogP contribution < -0.4 is 0 Å². The van der Waals surface area contributed by atoms with Gasteiger partial charge in [0, 0.05) is 25.6 Å². The minimum Gasteiger partial charge on any atom is -0.396 e. The Labute approximate surface area is 70.8 Å². The van der Waals surface area contributed by atoms with Gasteiger partial charge >= 0.3 is 0 Å². The van der Waals surface area contributed by atoms with Gasteiger partial charge in [-0.05, 0) is 6.26 Å². The first kappa shape index (κ1) is 8.87. The molecule has 1 heterocycles. The maximum Gasteiger partial charge on any atom is 0.232 e. The van der Waals surface area contributed by atoms with Crippen LogP contribution in [0, 0.1) is 5.92 Å². The Morgan fingerprint density at radius 3 is 2.82 bits per heavy atom. The van der Waals surface area contributed by atoms with Crippen LogP contribution in [0.15, 0.2) is 0 Å². The van der Waals surface area contributed by atoms with Gasteiger partial charge in [0.05, 0.1) is 5.75 Å². The van der Waals surface area contributed by atoms with Gasteiger partial charge in [-0.2, -0.15) is 11.8 Å². The van der Waals surface area contributed by atoms with Crippen molar-refractivity contribution in [3.05, 3.63) is 0 Å². The molecule has 11 heavy (non-hydrogen) atoms. The Balaban J connectivity index is 2.16. The van der Waals surface area contributed by atoms with E-state index in [2.05, 4.69) is 0 Å². The summed E-state index contributed by atoms with van der Waals surface area (Å²) in [6, 6.07) is 0. The number of aliphatic hydroxyl groups is 1. The fourth-order valence-corrected chi connectivity index (χ4v) is 1.53. The highest BCUT2D eigenvalue weighted by molar-refractivity contribution is 7.99. The Bertz CT molecular complexity index is 145. The standard InChI is InChI=1S/C7H13NO2S/c1-11-5-7(10)8-2-6(3-8)4-9/h6,9H,2-5H2,1H3. The van der Waals surface area contributed by atoms with Gasteiger partial charge in [0.25, 0.3) is 0 Å². The van der Waals surface area contributed by atoms with E-state index in [1.54, 1.807) is 16.7 Å². The first-order valence-electron chi connectivity index (χ1n) is 3.65. The van der Waals surface area contributed by atoms with Crippen molar-refractivity contribution in [1.82, 2.24) is 4.90 Å². The third-order valence-electron chi connectivity index (χ3n) is 1.84. The smallest absolute Gasteiger partial charge is 0.232 e. The highest BCUT2D eigenvalue weighted by Crippen LogP contribution is 2.15. The third kappa shape index (κ3) is 2.10. The van der Waals surface area contributed by atoms with E-state index in [1.165, 1.54) is 0 Å². The molecule has 0 aromatic carbocycles. The molecule has 1 rings (SSSR count). The Morgan fingerprint density at radius 1 is 1.73 bits per heavy atom. The van der Waals surface area contributed by atoms with Crippen LogP contribution in [0.5, 0.6) is 0 Å². The van der Waals surface area contributed by atoms with Crippen LogP contribution in [0.4, 0.5) is 0 Å². The molecule has 0 spiro atoms. The molecule has 0 bridgehead atoms. The second kappa shape index (κ2) is 3.97. The zero-order valence-corrected chi connectivity index (χ0v) is 7.43. The molecule has 1 fully saturated rings. The maximum atomic E-state index is 11.1. The topological polar surface area (TPSA) is 40.5 Å². The molecule has 0 aliphatic carbocycles. The summed E-state index contributed by atoms with van der Waals surface area (Å²) in [4.78, 5) is 12.9. The van der Waals surface area contributed by atoms with Crippen LogP contribution in [0.1, 0.15) is 0 Å². The van der Waals surface area contributed by atoms with Crippen molar-refractivity contribution in [2.24, 2.45) is 5.92 Å². The van der Waals surface area contributed by atoms with E-state index >= 15 is 0 Å². The minimum absolute atomic E-state index is 0.196. The van der Waals surface area contributed by atoms with Gasteiger partial charge in [0.15, 0.2) is 0 Å². The predicted octanol–water partition coefficient (Wildman–Crippen LogP) is -0.200. The first-order valence-corrected chi connectivity index (χ1v) is 5.05. The third-order valence-corrected chi connectivity index (χ3v) is 2.37. The van der Waals surface area contributed by atoms with Crippen LogP contribution in [0.2, 0.25) is 0 Å². The van der Waals surface area contributed by atoms with E-state index in [1.807, 2.05) is 6.26 Å². The molecule has 0 aromatic heterocycles. The maximum absolute atomic E-state index is 11.1. The summed E-state index contributed by atoms with van der Waals surface area (Å²) >= 11 is 1.54. The molecular weight excluding hydrogens is 162 g/mol. The van der Waals surface area contributed by atoms with E-state index in [9.17, 15) is 4.79 Å². The summed E-state index contributed by atoms with van der Waals surface area (Å²) in [7, 11) is 0. The summed E-state index contributed by atoms with van der Waals surface area (Å²) in [5.41, 5.74) is 0. The van der Waals surface area contributed by atoms with Crippen molar-refractivity contribution in [2.45, 2.75) is 0 Å². The number of aliphatic hydroxyl groups excluding tert-OH is 1. The average molecular weight is 175 g/mol. The molecule has 0 atom stereocenters. The number of rotatable bonds is 3. The quantitative estimate of drug-likeness (QED) is 0.646. The lowest BCUT2D eigenvalue weighted by atomic mass is 10.0. The Hall–Kier alpha value is -0.220. The van der Waals surface area contributed by atoms with E-state index in [-0.39, 0.29) is 12.5 Å². The molecule has 1 N–H and O–H groups in total. The molecule has 1 amide bonds. The van der Waals surface area contributed by atoms with Gasteiger partial charge in [0.2, 0.25) is 5.91 Å². The van der Waals surface area contributed by atoms with Gasteiger partial charge in [0.1, 0.15) is 0 Å². The number of carbonyl (C=O) groups excluding carboxylic acids is 1. The normalized spacial score (nSPS) is 18.2. The molecule has 4 heteroatoms. The first-order chi connectivity index (χ1) is 5.27. The molecule has 0 radical (unpaired) electrons.